The Labute approximate surface area is 276 Å². The van der Waals surface area contributed by atoms with E-state index in [1.54, 1.807) is 11.8 Å². The monoisotopic (exact) mass is 662 g/mol. The van der Waals surface area contributed by atoms with Gasteiger partial charge in [0.2, 0.25) is 0 Å². The summed E-state index contributed by atoms with van der Waals surface area (Å²) in [7, 11) is 0. The molecule has 1 aliphatic heterocycles. The number of amides is 2. The number of ether oxygens (including phenoxy) is 1. The second-order valence-electron chi connectivity index (χ2n) is 11.9. The van der Waals surface area contributed by atoms with Gasteiger partial charge in [0.05, 0.1) is 5.69 Å². The summed E-state index contributed by atoms with van der Waals surface area (Å²) in [6.07, 6.45) is -2.28. The van der Waals surface area contributed by atoms with E-state index in [9.17, 15) is 18.0 Å². The van der Waals surface area contributed by atoms with Gasteiger partial charge in [0.1, 0.15) is 12.1 Å². The molecule has 1 fully saturated rings. The van der Waals surface area contributed by atoms with Gasteiger partial charge in [-0.3, -0.25) is 0 Å². The zero-order valence-electron chi connectivity index (χ0n) is 27.1. The third kappa shape index (κ3) is 8.29. The highest BCUT2D eigenvalue weighted by atomic mass is 32.2. The topological polar surface area (TPSA) is 85.0 Å². The van der Waals surface area contributed by atoms with Gasteiger partial charge in [0, 0.05) is 34.7 Å². The molecule has 2 heterocycles. The molecule has 2 unspecified atom stereocenters. The molecule has 0 spiro atoms. The Hall–Kier alpha value is -4.45. The Bertz CT molecular complexity index is 1780. The van der Waals surface area contributed by atoms with Gasteiger partial charge in [-0.05, 0) is 80.1 Å². The summed E-state index contributed by atoms with van der Waals surface area (Å²) in [6, 6.07) is 19.1. The van der Waals surface area contributed by atoms with Crippen LogP contribution in [0, 0.1) is 6.92 Å². The van der Waals surface area contributed by atoms with Crippen molar-refractivity contribution in [1.29, 1.82) is 0 Å². The van der Waals surface area contributed by atoms with Crippen LogP contribution in [0.25, 0.3) is 17.1 Å². The lowest BCUT2D eigenvalue weighted by molar-refractivity contribution is -0.274. The van der Waals surface area contributed by atoms with E-state index in [-0.39, 0.29) is 17.7 Å². The number of aromatic nitrogens is 3. The van der Waals surface area contributed by atoms with E-state index in [0.29, 0.717) is 28.3 Å². The predicted molar refractivity (Wildman–Crippen MR) is 182 cm³/mol. The van der Waals surface area contributed by atoms with Crippen LogP contribution in [0.3, 0.4) is 0 Å². The van der Waals surface area contributed by atoms with Crippen LogP contribution in [0.5, 0.6) is 5.75 Å². The van der Waals surface area contributed by atoms with Gasteiger partial charge in [-0.25, -0.2) is 19.5 Å². The number of urea groups is 1. The minimum atomic E-state index is -4.76. The molecule has 0 aliphatic carbocycles. The van der Waals surface area contributed by atoms with E-state index in [2.05, 4.69) is 75.6 Å². The first-order chi connectivity index (χ1) is 22.3. The summed E-state index contributed by atoms with van der Waals surface area (Å²) >= 11 is 1.58. The van der Waals surface area contributed by atoms with E-state index in [4.69, 9.17) is 0 Å². The van der Waals surface area contributed by atoms with E-state index in [1.165, 1.54) is 40.8 Å². The number of aryl methyl sites for hydroxylation is 1. The summed E-state index contributed by atoms with van der Waals surface area (Å²) in [6.45, 7) is 12.4. The fraction of sp³-hybridized carbons (Fsp3) is 0.343. The number of carbonyl (C=O) groups excluding carboxylic acids is 1. The number of benzene rings is 3. The molecule has 1 aromatic heterocycles. The molecule has 4 aromatic rings. The van der Waals surface area contributed by atoms with Crippen molar-refractivity contribution in [2.45, 2.75) is 72.2 Å². The van der Waals surface area contributed by atoms with Gasteiger partial charge >= 0.3 is 12.4 Å². The lowest BCUT2D eigenvalue weighted by atomic mass is 9.96. The van der Waals surface area contributed by atoms with E-state index >= 15 is 0 Å². The van der Waals surface area contributed by atoms with E-state index in [0.717, 1.165) is 34.6 Å². The SMILES string of the molecule is CC(=NC(=O)N=C1SCCC(C)N1c1cc(C)ccc1C(C)C)C(C)c1ccc(-c2ncn(-c3ccc(OC(F)(F)F)cc3)n2)cc1. The molecule has 12 heteroatoms. The molecule has 0 radical (unpaired) electrons. The average molecular weight is 663 g/mol. The van der Waals surface area contributed by atoms with Crippen molar-refractivity contribution < 1.29 is 22.7 Å². The van der Waals surface area contributed by atoms with Crippen LogP contribution in [0.1, 0.15) is 69.6 Å². The molecule has 47 heavy (non-hydrogen) atoms. The summed E-state index contributed by atoms with van der Waals surface area (Å²) in [4.78, 5) is 28.6. The average Bonchev–Trinajstić information content (AvgIpc) is 3.51. The first-order valence-electron chi connectivity index (χ1n) is 15.4. The summed E-state index contributed by atoms with van der Waals surface area (Å²) in [5.74, 6) is 1.20. The molecule has 246 valence electrons. The first-order valence-corrected chi connectivity index (χ1v) is 16.4. The number of halogens is 3. The van der Waals surface area contributed by atoms with E-state index < -0.39 is 12.4 Å². The van der Waals surface area contributed by atoms with Crippen LogP contribution in [0.4, 0.5) is 23.7 Å². The Morgan fingerprint density at radius 1 is 1.04 bits per heavy atom. The van der Waals surface area contributed by atoms with Gasteiger partial charge in [0.25, 0.3) is 0 Å². The molecular formula is C35H37F3N6O2S. The van der Waals surface area contributed by atoms with Crippen molar-refractivity contribution in [3.05, 3.63) is 89.7 Å². The number of alkyl halides is 3. The lowest BCUT2D eigenvalue weighted by Crippen LogP contribution is -2.42. The van der Waals surface area contributed by atoms with Crippen LogP contribution in [0.2, 0.25) is 0 Å². The number of hydrogen-bond donors (Lipinski definition) is 0. The number of nitrogens with zero attached hydrogens (tertiary/aromatic N) is 6. The van der Waals surface area contributed by atoms with Crippen LogP contribution in [-0.4, -0.2) is 49.8 Å². The number of thioether (sulfide) groups is 1. The minimum absolute atomic E-state index is 0.144. The summed E-state index contributed by atoms with van der Waals surface area (Å²) in [5.41, 5.74) is 6.36. The van der Waals surface area contributed by atoms with Crippen molar-refractivity contribution in [2.24, 2.45) is 9.98 Å². The molecule has 0 N–H and O–H groups in total. The fourth-order valence-electron chi connectivity index (χ4n) is 5.32. The number of carbonyl (C=O) groups is 1. The number of amidine groups is 1. The second kappa shape index (κ2) is 14.1. The molecule has 1 saturated heterocycles. The number of aliphatic imine (C=N–C) groups is 2. The van der Waals surface area contributed by atoms with Gasteiger partial charge in [-0.15, -0.1) is 18.3 Å². The maximum absolute atomic E-state index is 13.2. The molecule has 8 nitrogen and oxygen atoms in total. The predicted octanol–water partition coefficient (Wildman–Crippen LogP) is 9.34. The zero-order valence-corrected chi connectivity index (χ0v) is 27.9. The smallest absolute Gasteiger partial charge is 0.406 e. The standard InChI is InChI=1S/C35H37F3N6O2S/c1-21(2)30-16-7-22(3)19-31(30)44-23(4)17-18-47-34(44)41-33(45)40-25(6)24(5)26-8-10-27(11-9-26)32-39-20-43(42-32)28-12-14-29(15-13-28)46-35(36,37)38/h7-16,19-21,23-24H,17-18H2,1-6H3. The lowest BCUT2D eigenvalue weighted by Gasteiger charge is -2.37. The van der Waals surface area contributed by atoms with Gasteiger partial charge < -0.3 is 9.64 Å². The number of hydrogen-bond acceptors (Lipinski definition) is 5. The summed E-state index contributed by atoms with van der Waals surface area (Å²) in [5, 5.41) is 5.14. The molecule has 0 saturated carbocycles. The Morgan fingerprint density at radius 2 is 1.74 bits per heavy atom. The molecule has 3 aromatic carbocycles. The van der Waals surface area contributed by atoms with Crippen LogP contribution < -0.4 is 9.64 Å². The number of anilines is 1. The fourth-order valence-corrected chi connectivity index (χ4v) is 6.52. The highest BCUT2D eigenvalue weighted by Gasteiger charge is 2.31. The van der Waals surface area contributed by atoms with Crippen LogP contribution >= 0.6 is 11.8 Å². The third-order valence-electron chi connectivity index (χ3n) is 8.07. The largest absolute Gasteiger partial charge is 0.573 e. The maximum Gasteiger partial charge on any atom is 0.573 e. The Morgan fingerprint density at radius 3 is 2.40 bits per heavy atom. The Balaban J connectivity index is 1.29. The highest BCUT2D eigenvalue weighted by molar-refractivity contribution is 8.14. The first kappa shape index (κ1) is 33.9. The van der Waals surface area contributed by atoms with Crippen molar-refractivity contribution in [3.63, 3.8) is 0 Å². The zero-order chi connectivity index (χ0) is 33.9. The molecule has 5 rings (SSSR count). The molecule has 1 aliphatic rings. The normalized spacial score (nSPS) is 17.3. The molecular weight excluding hydrogens is 625 g/mol. The van der Waals surface area contributed by atoms with Crippen LogP contribution in [0.15, 0.2) is 83.0 Å². The third-order valence-corrected chi connectivity index (χ3v) is 9.05. The Kier molecular flexibility index (Phi) is 10.2. The van der Waals surface area contributed by atoms with Crippen molar-refractivity contribution in [3.8, 4) is 22.8 Å². The van der Waals surface area contributed by atoms with Gasteiger partial charge in [0.15, 0.2) is 11.0 Å². The van der Waals surface area contributed by atoms with Crippen LogP contribution in [-0.2, 0) is 0 Å². The quantitative estimate of drug-likeness (QED) is 0.183. The van der Waals surface area contributed by atoms with Crippen molar-refractivity contribution in [1.82, 2.24) is 14.8 Å². The van der Waals surface area contributed by atoms with Gasteiger partial charge in [-0.2, -0.15) is 4.99 Å². The van der Waals surface area contributed by atoms with E-state index in [1.807, 2.05) is 38.1 Å². The van der Waals surface area contributed by atoms with Crippen molar-refractivity contribution in [2.75, 3.05) is 10.7 Å². The molecule has 0 bridgehead atoms. The number of rotatable bonds is 7. The highest BCUT2D eigenvalue weighted by Crippen LogP contribution is 2.36. The van der Waals surface area contributed by atoms with Gasteiger partial charge in [-0.1, -0.05) is 68.9 Å². The molecule has 2 atom stereocenters. The molecule has 2 amide bonds. The minimum Gasteiger partial charge on any atom is -0.406 e. The second-order valence-corrected chi connectivity index (χ2v) is 13.0. The maximum atomic E-state index is 13.2. The van der Waals surface area contributed by atoms with Crippen molar-refractivity contribution >= 4 is 34.4 Å². The summed E-state index contributed by atoms with van der Waals surface area (Å²) < 4.78 is 42.8.